The van der Waals surface area contributed by atoms with Crippen LogP contribution in [0.25, 0.3) is 0 Å². The number of piperazine rings is 1. The lowest BCUT2D eigenvalue weighted by Gasteiger charge is -2.42. The molecular weight excluding hydrogens is 596 g/mol. The Bertz CT molecular complexity index is 1420. The van der Waals surface area contributed by atoms with Crippen molar-refractivity contribution in [1.29, 1.82) is 0 Å². The van der Waals surface area contributed by atoms with Gasteiger partial charge in [-0.2, -0.15) is 26.3 Å². The van der Waals surface area contributed by atoms with Crippen LogP contribution in [0.15, 0.2) is 78.9 Å². The molecule has 0 saturated carbocycles. The molecule has 2 aliphatic heterocycles. The topological polar surface area (TPSA) is 43.9 Å². The zero-order chi connectivity index (χ0) is 32.2. The third-order valence-corrected chi connectivity index (χ3v) is 8.66. The Hall–Kier alpha value is -3.86. The van der Waals surface area contributed by atoms with Gasteiger partial charge in [0.1, 0.15) is 0 Å². The van der Waals surface area contributed by atoms with Crippen LogP contribution < -0.4 is 0 Å². The van der Waals surface area contributed by atoms with Crippen molar-refractivity contribution in [3.05, 3.63) is 107 Å². The third-order valence-electron chi connectivity index (χ3n) is 8.66. The maximum absolute atomic E-state index is 13.6. The van der Waals surface area contributed by atoms with Gasteiger partial charge in [-0.1, -0.05) is 60.7 Å². The van der Waals surface area contributed by atoms with E-state index in [4.69, 9.17) is 0 Å². The molecule has 2 fully saturated rings. The quantitative estimate of drug-likeness (QED) is 0.265. The van der Waals surface area contributed by atoms with Crippen molar-refractivity contribution in [2.75, 3.05) is 32.7 Å². The van der Waals surface area contributed by atoms with Crippen LogP contribution in [0.4, 0.5) is 26.3 Å². The maximum atomic E-state index is 13.6. The van der Waals surface area contributed by atoms with Crippen molar-refractivity contribution in [3.8, 4) is 0 Å². The lowest BCUT2D eigenvalue weighted by atomic mass is 9.91. The molecule has 45 heavy (non-hydrogen) atoms. The number of hydrogen-bond acceptors (Lipinski definition) is 3. The molecule has 3 aromatic rings. The summed E-state index contributed by atoms with van der Waals surface area (Å²) in [5.74, 6) is -0.393. The van der Waals surface area contributed by atoms with E-state index in [1.807, 2.05) is 48.5 Å². The van der Waals surface area contributed by atoms with Crippen LogP contribution in [0.1, 0.15) is 53.1 Å². The molecule has 0 aromatic heterocycles. The number of carbonyl (C=O) groups is 2. The van der Waals surface area contributed by atoms with Gasteiger partial charge in [0, 0.05) is 32.6 Å². The van der Waals surface area contributed by atoms with E-state index in [0.29, 0.717) is 18.6 Å². The molecule has 3 aromatic carbocycles. The molecule has 1 unspecified atom stereocenters. The first kappa shape index (κ1) is 32.5. The predicted octanol–water partition coefficient (Wildman–Crippen LogP) is 6.98. The minimum absolute atomic E-state index is 0.0230. The first-order chi connectivity index (χ1) is 21.4. The van der Waals surface area contributed by atoms with Crippen LogP contribution in [0.2, 0.25) is 0 Å². The highest BCUT2D eigenvalue weighted by Crippen LogP contribution is 2.37. The van der Waals surface area contributed by atoms with Crippen LogP contribution in [-0.2, 0) is 34.9 Å². The predicted molar refractivity (Wildman–Crippen MR) is 157 cm³/mol. The van der Waals surface area contributed by atoms with Gasteiger partial charge in [0.15, 0.2) is 0 Å². The number of piperidine rings is 1. The molecule has 2 aliphatic rings. The van der Waals surface area contributed by atoms with Crippen LogP contribution in [0.5, 0.6) is 0 Å². The summed E-state index contributed by atoms with van der Waals surface area (Å²) in [4.78, 5) is 32.5. The molecule has 0 bridgehead atoms. The van der Waals surface area contributed by atoms with E-state index in [1.54, 1.807) is 4.90 Å². The van der Waals surface area contributed by atoms with Crippen molar-refractivity contribution in [1.82, 2.24) is 14.7 Å². The highest BCUT2D eigenvalue weighted by molar-refractivity contribution is 5.80. The molecule has 0 N–H and O–H groups in total. The van der Waals surface area contributed by atoms with Crippen LogP contribution in [-0.4, -0.2) is 59.2 Å². The van der Waals surface area contributed by atoms with Crippen LogP contribution in [0, 0.1) is 5.92 Å². The van der Waals surface area contributed by atoms with Gasteiger partial charge in [-0.25, -0.2) is 0 Å². The Morgan fingerprint density at radius 2 is 1.27 bits per heavy atom. The summed E-state index contributed by atoms with van der Waals surface area (Å²) < 4.78 is 80.2. The Kier molecular flexibility index (Phi) is 9.86. The summed E-state index contributed by atoms with van der Waals surface area (Å²) in [6, 6.07) is 20.2. The van der Waals surface area contributed by atoms with Crippen molar-refractivity contribution >= 4 is 11.8 Å². The smallest absolute Gasteiger partial charge is 0.338 e. The highest BCUT2D eigenvalue weighted by Gasteiger charge is 2.38. The van der Waals surface area contributed by atoms with E-state index < -0.39 is 41.8 Å². The monoisotopic (exact) mass is 631 g/mol. The average Bonchev–Trinajstić information content (AvgIpc) is 3.01. The lowest BCUT2D eigenvalue weighted by Crippen LogP contribution is -2.53. The SMILES string of the molecule is O=C(Cc1cc(C(F)(F)F)cc(C(F)(F)F)c1)N1CCN(C(=O)CC2CCN(Cc3ccccc3)CC2)C(c2ccccc2)C1. The minimum Gasteiger partial charge on any atom is -0.338 e. The number of likely N-dealkylation sites (tertiary alicyclic amines) is 1. The highest BCUT2D eigenvalue weighted by atomic mass is 19.4. The van der Waals surface area contributed by atoms with E-state index in [9.17, 15) is 35.9 Å². The standard InChI is InChI=1S/C34H35F6N3O2/c35-33(36,37)28-17-26(18-29(21-28)34(38,39)40)20-31(44)42-15-16-43(30(23-42)27-9-5-2-6-10-27)32(45)19-24-11-13-41(14-12-24)22-25-7-3-1-4-8-25/h1-10,17-18,21,24,30H,11-16,19-20,22-23H2. The van der Waals surface area contributed by atoms with Crippen molar-refractivity contribution < 1.29 is 35.9 Å². The second-order valence-corrected chi connectivity index (χ2v) is 11.9. The molecule has 2 saturated heterocycles. The van der Waals surface area contributed by atoms with Gasteiger partial charge >= 0.3 is 12.4 Å². The Morgan fingerprint density at radius 3 is 1.84 bits per heavy atom. The minimum atomic E-state index is -5.00. The van der Waals surface area contributed by atoms with Crippen LogP contribution in [0.3, 0.4) is 0 Å². The fourth-order valence-electron chi connectivity index (χ4n) is 6.23. The first-order valence-electron chi connectivity index (χ1n) is 15.0. The lowest BCUT2D eigenvalue weighted by molar-refractivity contribution is -0.144. The molecule has 1 atom stereocenters. The molecule has 5 rings (SSSR count). The molecular formula is C34H35F6N3O2. The molecule has 0 aliphatic carbocycles. The molecule has 2 amide bonds. The Morgan fingerprint density at radius 1 is 0.689 bits per heavy atom. The number of hydrogen-bond donors (Lipinski definition) is 0. The van der Waals surface area contributed by atoms with Gasteiger partial charge < -0.3 is 9.80 Å². The number of amides is 2. The maximum Gasteiger partial charge on any atom is 0.416 e. The van der Waals surface area contributed by atoms with E-state index in [0.717, 1.165) is 38.0 Å². The number of nitrogens with zero attached hydrogens (tertiary/aromatic N) is 3. The fourth-order valence-corrected chi connectivity index (χ4v) is 6.23. The van der Waals surface area contributed by atoms with Crippen molar-refractivity contribution in [2.24, 2.45) is 5.92 Å². The zero-order valence-electron chi connectivity index (χ0n) is 24.7. The van der Waals surface area contributed by atoms with Gasteiger partial charge in [-0.3, -0.25) is 14.5 Å². The Balaban J connectivity index is 1.25. The third kappa shape index (κ3) is 8.45. The molecule has 11 heteroatoms. The van der Waals surface area contributed by atoms with E-state index in [-0.39, 0.29) is 43.1 Å². The average molecular weight is 632 g/mol. The molecule has 5 nitrogen and oxygen atoms in total. The number of benzene rings is 3. The second kappa shape index (κ2) is 13.6. The van der Waals surface area contributed by atoms with Crippen molar-refractivity contribution in [3.63, 3.8) is 0 Å². The van der Waals surface area contributed by atoms with E-state index in [2.05, 4.69) is 17.0 Å². The first-order valence-corrected chi connectivity index (χ1v) is 15.0. The molecule has 240 valence electrons. The second-order valence-electron chi connectivity index (χ2n) is 11.9. The zero-order valence-corrected chi connectivity index (χ0v) is 24.7. The van der Waals surface area contributed by atoms with Gasteiger partial charge in [-0.15, -0.1) is 0 Å². The summed E-state index contributed by atoms with van der Waals surface area (Å²) in [5.41, 5.74) is -1.22. The van der Waals surface area contributed by atoms with E-state index in [1.165, 1.54) is 10.5 Å². The van der Waals surface area contributed by atoms with Gasteiger partial charge in [0.2, 0.25) is 11.8 Å². The largest absolute Gasteiger partial charge is 0.416 e. The fraction of sp³-hybridized carbons (Fsp3) is 0.412. The summed E-state index contributed by atoms with van der Waals surface area (Å²) in [6.07, 6.45) is -8.46. The summed E-state index contributed by atoms with van der Waals surface area (Å²) in [7, 11) is 0. The summed E-state index contributed by atoms with van der Waals surface area (Å²) >= 11 is 0. The van der Waals surface area contributed by atoms with Gasteiger partial charge in [-0.05, 0) is 66.7 Å². The number of carbonyl (C=O) groups excluding carboxylic acids is 2. The summed E-state index contributed by atoms with van der Waals surface area (Å²) in [5, 5.41) is 0. The normalized spacial score (nSPS) is 18.7. The number of alkyl halides is 6. The molecule has 0 spiro atoms. The van der Waals surface area contributed by atoms with Gasteiger partial charge in [0.25, 0.3) is 0 Å². The number of halogens is 6. The Labute approximate surface area is 258 Å². The van der Waals surface area contributed by atoms with Gasteiger partial charge in [0.05, 0.1) is 23.6 Å². The van der Waals surface area contributed by atoms with E-state index >= 15 is 0 Å². The molecule has 0 radical (unpaired) electrons. The molecule has 2 heterocycles. The number of rotatable bonds is 7. The van der Waals surface area contributed by atoms with Crippen LogP contribution >= 0.6 is 0 Å². The van der Waals surface area contributed by atoms with Crippen molar-refractivity contribution in [2.45, 2.75) is 50.6 Å². The summed E-state index contributed by atoms with van der Waals surface area (Å²) in [6.45, 7) is 3.09.